The molecule has 0 aliphatic carbocycles. The fourth-order valence-corrected chi connectivity index (χ4v) is 3.30. The molecule has 1 aromatic carbocycles. The summed E-state index contributed by atoms with van der Waals surface area (Å²) in [5, 5.41) is 2.45. The molecule has 4 rings (SSSR count). The van der Waals surface area contributed by atoms with Crippen molar-refractivity contribution in [1.82, 2.24) is 14.4 Å². The number of alkyl halides is 3. The Balaban J connectivity index is 1.60. The summed E-state index contributed by atoms with van der Waals surface area (Å²) in [6.45, 7) is 0. The van der Waals surface area contributed by atoms with Crippen LogP contribution in [0.25, 0.3) is 16.9 Å². The summed E-state index contributed by atoms with van der Waals surface area (Å²) in [5.74, 6) is -0.588. The van der Waals surface area contributed by atoms with Gasteiger partial charge in [-0.3, -0.25) is 14.5 Å². The van der Waals surface area contributed by atoms with Gasteiger partial charge in [0.05, 0.1) is 24.6 Å². The van der Waals surface area contributed by atoms with Gasteiger partial charge in [0.15, 0.2) is 0 Å². The molecule has 180 valence electrons. The highest BCUT2D eigenvalue weighted by atomic mass is 19.4. The van der Waals surface area contributed by atoms with E-state index >= 15 is 0 Å². The van der Waals surface area contributed by atoms with E-state index in [1.165, 1.54) is 37.4 Å². The highest BCUT2D eigenvalue weighted by Crippen LogP contribution is 2.27. The molecule has 9 nitrogen and oxygen atoms in total. The predicted octanol–water partition coefficient (Wildman–Crippen LogP) is 4.75. The van der Waals surface area contributed by atoms with Crippen LogP contribution in [0.4, 0.5) is 29.5 Å². The van der Waals surface area contributed by atoms with E-state index in [-0.39, 0.29) is 11.3 Å². The number of methoxy groups -OCH3 is 1. The lowest BCUT2D eigenvalue weighted by molar-refractivity contribution is -0.274. The molecule has 0 aliphatic heterocycles. The molecule has 0 atom stereocenters. The molecule has 35 heavy (non-hydrogen) atoms. The van der Waals surface area contributed by atoms with Gasteiger partial charge >= 0.3 is 12.5 Å². The van der Waals surface area contributed by atoms with Crippen molar-refractivity contribution in [3.8, 4) is 17.0 Å². The number of halogens is 3. The monoisotopic (exact) mass is 485 g/mol. The molecule has 0 aliphatic rings. The second kappa shape index (κ2) is 9.33. The Labute approximate surface area is 196 Å². The van der Waals surface area contributed by atoms with Gasteiger partial charge < -0.3 is 14.4 Å². The van der Waals surface area contributed by atoms with Crippen molar-refractivity contribution in [3.63, 3.8) is 0 Å². The van der Waals surface area contributed by atoms with Gasteiger partial charge in [0, 0.05) is 36.8 Å². The summed E-state index contributed by atoms with van der Waals surface area (Å²) in [7, 11) is 2.69. The molecule has 0 saturated carbocycles. The van der Waals surface area contributed by atoms with Gasteiger partial charge in [-0.15, -0.1) is 13.2 Å². The van der Waals surface area contributed by atoms with Gasteiger partial charge in [0.1, 0.15) is 17.2 Å². The summed E-state index contributed by atoms with van der Waals surface area (Å²) in [6, 6.07) is 11.7. The Hall–Kier alpha value is -4.61. The third-order valence-corrected chi connectivity index (χ3v) is 4.97. The molecule has 0 unspecified atom stereocenters. The summed E-state index contributed by atoms with van der Waals surface area (Å²) in [4.78, 5) is 34.1. The average Bonchev–Trinajstić information content (AvgIpc) is 3.26. The van der Waals surface area contributed by atoms with Crippen molar-refractivity contribution in [1.29, 1.82) is 0 Å². The zero-order chi connectivity index (χ0) is 25.2. The zero-order valence-electron chi connectivity index (χ0n) is 18.4. The van der Waals surface area contributed by atoms with E-state index in [0.717, 1.165) is 12.1 Å². The first-order valence-electron chi connectivity index (χ1n) is 10.1. The van der Waals surface area contributed by atoms with Crippen LogP contribution in [0.3, 0.4) is 0 Å². The normalized spacial score (nSPS) is 11.2. The summed E-state index contributed by atoms with van der Waals surface area (Å²) in [6.07, 6.45) is -0.778. The number of nitrogens with one attached hydrogen (secondary N) is 1. The van der Waals surface area contributed by atoms with Crippen LogP contribution in [0.5, 0.6) is 5.75 Å². The average molecular weight is 485 g/mol. The number of hydrogen-bond acceptors (Lipinski definition) is 6. The fraction of sp³-hybridized carbons (Fsp3) is 0.130. The molecule has 4 aromatic rings. The SMILES string of the molecule is COC(=O)Nc1ccc(-c2cnc3ccc(C(=O)N(C)c4cccc(OC(F)(F)F)c4)cn23)cn1. The Morgan fingerprint density at radius 1 is 1.06 bits per heavy atom. The van der Waals surface area contributed by atoms with Crippen LogP contribution >= 0.6 is 0 Å². The number of rotatable bonds is 5. The van der Waals surface area contributed by atoms with E-state index in [1.807, 2.05) is 0 Å². The number of imidazole rings is 1. The molecule has 1 N–H and O–H groups in total. The summed E-state index contributed by atoms with van der Waals surface area (Å²) in [5.41, 5.74) is 2.37. The second-order valence-electron chi connectivity index (χ2n) is 7.25. The smallest absolute Gasteiger partial charge is 0.453 e. The number of carbonyl (C=O) groups excluding carboxylic acids is 2. The Morgan fingerprint density at radius 3 is 2.54 bits per heavy atom. The minimum absolute atomic E-state index is 0.223. The Bertz CT molecular complexity index is 1390. The van der Waals surface area contributed by atoms with E-state index in [9.17, 15) is 22.8 Å². The van der Waals surface area contributed by atoms with Crippen LogP contribution in [-0.4, -0.2) is 46.9 Å². The lowest BCUT2D eigenvalue weighted by Gasteiger charge is -2.19. The number of amides is 2. The van der Waals surface area contributed by atoms with Crippen molar-refractivity contribution < 1.29 is 32.2 Å². The number of benzene rings is 1. The number of ether oxygens (including phenoxy) is 2. The molecule has 0 radical (unpaired) electrons. The molecule has 0 fully saturated rings. The molecular formula is C23H18F3N5O4. The van der Waals surface area contributed by atoms with Gasteiger partial charge in [-0.25, -0.2) is 14.8 Å². The highest BCUT2D eigenvalue weighted by Gasteiger charge is 2.31. The lowest BCUT2D eigenvalue weighted by atomic mass is 10.2. The topological polar surface area (TPSA) is 98.1 Å². The number of fused-ring (bicyclic) bond motifs is 1. The van der Waals surface area contributed by atoms with Gasteiger partial charge in [-0.1, -0.05) is 6.07 Å². The van der Waals surface area contributed by atoms with E-state index in [4.69, 9.17) is 0 Å². The van der Waals surface area contributed by atoms with Crippen LogP contribution in [0.2, 0.25) is 0 Å². The molecule has 3 aromatic heterocycles. The molecule has 3 heterocycles. The van der Waals surface area contributed by atoms with Crippen molar-refractivity contribution in [2.45, 2.75) is 6.36 Å². The number of nitrogens with zero attached hydrogens (tertiary/aromatic N) is 4. The number of aromatic nitrogens is 3. The quantitative estimate of drug-likeness (QED) is 0.438. The fourth-order valence-electron chi connectivity index (χ4n) is 3.30. The van der Waals surface area contributed by atoms with E-state index in [2.05, 4.69) is 24.8 Å². The van der Waals surface area contributed by atoms with Crippen molar-refractivity contribution in [2.24, 2.45) is 0 Å². The summed E-state index contributed by atoms with van der Waals surface area (Å²) >= 11 is 0. The standard InChI is InChI=1S/C23H18F3N5O4/c1-30(16-4-3-5-17(10-16)35-23(24,25)26)21(32)15-7-9-20-28-12-18(31(20)13-15)14-6-8-19(27-11-14)29-22(33)34-2/h3-13H,1-2H3,(H,27,29,33). The third kappa shape index (κ3) is 5.32. The van der Waals surface area contributed by atoms with Gasteiger partial charge in [-0.05, 0) is 36.4 Å². The van der Waals surface area contributed by atoms with Crippen LogP contribution in [0.15, 0.2) is 67.1 Å². The van der Waals surface area contributed by atoms with Crippen LogP contribution < -0.4 is 15.0 Å². The van der Waals surface area contributed by atoms with Gasteiger partial charge in [0.2, 0.25) is 0 Å². The largest absolute Gasteiger partial charge is 0.573 e. The zero-order valence-corrected chi connectivity index (χ0v) is 18.4. The molecule has 0 saturated heterocycles. The Morgan fingerprint density at radius 2 is 1.86 bits per heavy atom. The predicted molar refractivity (Wildman–Crippen MR) is 120 cm³/mol. The van der Waals surface area contributed by atoms with Crippen LogP contribution in [0.1, 0.15) is 10.4 Å². The first-order chi connectivity index (χ1) is 16.6. The van der Waals surface area contributed by atoms with Crippen molar-refractivity contribution in [2.75, 3.05) is 24.4 Å². The number of anilines is 2. The number of pyridine rings is 2. The third-order valence-electron chi connectivity index (χ3n) is 4.97. The van der Waals surface area contributed by atoms with Crippen molar-refractivity contribution in [3.05, 3.63) is 72.7 Å². The molecular weight excluding hydrogens is 467 g/mol. The van der Waals surface area contributed by atoms with E-state index in [0.29, 0.717) is 22.7 Å². The highest BCUT2D eigenvalue weighted by molar-refractivity contribution is 6.05. The second-order valence-corrected chi connectivity index (χ2v) is 7.25. The molecule has 2 amide bonds. The maximum absolute atomic E-state index is 13.1. The van der Waals surface area contributed by atoms with Crippen LogP contribution in [0, 0.1) is 0 Å². The molecule has 0 bridgehead atoms. The number of hydrogen-bond donors (Lipinski definition) is 1. The first-order valence-corrected chi connectivity index (χ1v) is 10.1. The number of carbonyl (C=O) groups is 2. The van der Waals surface area contributed by atoms with E-state index < -0.39 is 24.1 Å². The summed E-state index contributed by atoms with van der Waals surface area (Å²) < 4.78 is 47.8. The van der Waals surface area contributed by atoms with Crippen LogP contribution in [-0.2, 0) is 4.74 Å². The van der Waals surface area contributed by atoms with Crippen molar-refractivity contribution >= 4 is 29.2 Å². The van der Waals surface area contributed by atoms with Gasteiger partial charge in [0.25, 0.3) is 5.91 Å². The minimum atomic E-state index is -4.84. The lowest BCUT2D eigenvalue weighted by Crippen LogP contribution is -2.26. The van der Waals surface area contributed by atoms with Gasteiger partial charge in [-0.2, -0.15) is 0 Å². The molecule has 0 spiro atoms. The maximum Gasteiger partial charge on any atom is 0.573 e. The van der Waals surface area contributed by atoms with E-state index in [1.54, 1.807) is 41.1 Å². The maximum atomic E-state index is 13.1. The molecule has 12 heteroatoms. The Kier molecular flexibility index (Phi) is 6.28. The minimum Gasteiger partial charge on any atom is -0.453 e. The first kappa shape index (κ1) is 23.5.